The van der Waals surface area contributed by atoms with Gasteiger partial charge < -0.3 is 14.6 Å². The Morgan fingerprint density at radius 3 is 2.81 bits per heavy atom. The van der Waals surface area contributed by atoms with Crippen LogP contribution in [0.2, 0.25) is 0 Å². The van der Waals surface area contributed by atoms with Gasteiger partial charge in [-0.1, -0.05) is 36.8 Å². The number of methoxy groups -OCH3 is 1. The number of nitrogens with one attached hydrogen (secondary N) is 1. The lowest BCUT2D eigenvalue weighted by molar-refractivity contribution is -0.147. The van der Waals surface area contributed by atoms with E-state index in [1.165, 1.54) is 29.4 Å². The second kappa shape index (κ2) is 8.37. The molecule has 1 fully saturated rings. The Bertz CT molecular complexity index is 1090. The molecule has 0 bridgehead atoms. The number of rotatable bonds is 4. The summed E-state index contributed by atoms with van der Waals surface area (Å²) in [6.45, 7) is 2.24. The van der Waals surface area contributed by atoms with E-state index in [1.807, 2.05) is 0 Å². The van der Waals surface area contributed by atoms with Crippen LogP contribution in [0.25, 0.3) is 11.0 Å². The monoisotopic (exact) mass is 417 g/mol. The molecule has 3 aromatic rings. The minimum Gasteiger partial charge on any atom is -0.469 e. The molecule has 1 aliphatic carbocycles. The molecular weight excluding hydrogens is 386 g/mol. The van der Waals surface area contributed by atoms with E-state index in [-0.39, 0.29) is 17.9 Å². The highest BCUT2D eigenvalue weighted by Crippen LogP contribution is 2.39. The van der Waals surface area contributed by atoms with Gasteiger partial charge in [0.05, 0.1) is 24.1 Å². The Hall–Kier alpha value is -2.82. The lowest BCUT2D eigenvalue weighted by atomic mass is 9.85. The number of carbonyl (C=O) groups is 1. The van der Waals surface area contributed by atoms with Crippen molar-refractivity contribution >= 4 is 22.7 Å². The standard InChI is InChI=1S/C26H31N3O2/c1-17-11-12-21-22(27-17)13-14-23-25(21)28-24(15-18-7-4-3-5-8-18)29(23)20-10-6-9-19(16-20)26(30)31-2/h3-5,7-8,13-14,17,19-20,27H,6,9-12,15-16H2,1-2H3/t17-,19+,20+/m0/s1. The van der Waals surface area contributed by atoms with Gasteiger partial charge in [0.25, 0.3) is 0 Å². The van der Waals surface area contributed by atoms with Crippen molar-refractivity contribution < 1.29 is 9.53 Å². The van der Waals surface area contributed by atoms with Crippen molar-refractivity contribution in [1.82, 2.24) is 9.55 Å². The third-order valence-corrected chi connectivity index (χ3v) is 7.02. The summed E-state index contributed by atoms with van der Waals surface area (Å²) < 4.78 is 7.52. The van der Waals surface area contributed by atoms with Gasteiger partial charge in [0.15, 0.2) is 0 Å². The number of aromatic nitrogens is 2. The Morgan fingerprint density at radius 1 is 1.16 bits per heavy atom. The van der Waals surface area contributed by atoms with E-state index in [9.17, 15) is 4.79 Å². The summed E-state index contributed by atoms with van der Waals surface area (Å²) in [5, 5.41) is 3.63. The van der Waals surface area contributed by atoms with Gasteiger partial charge in [-0.3, -0.25) is 4.79 Å². The largest absolute Gasteiger partial charge is 0.469 e. The van der Waals surface area contributed by atoms with E-state index in [1.54, 1.807) is 0 Å². The van der Waals surface area contributed by atoms with E-state index in [2.05, 4.69) is 59.3 Å². The Balaban J connectivity index is 1.60. The number of imidazole rings is 1. The maximum Gasteiger partial charge on any atom is 0.308 e. The predicted molar refractivity (Wildman–Crippen MR) is 123 cm³/mol. The number of ether oxygens (including phenoxy) is 1. The van der Waals surface area contributed by atoms with Gasteiger partial charge in [-0.15, -0.1) is 0 Å². The maximum absolute atomic E-state index is 12.3. The summed E-state index contributed by atoms with van der Waals surface area (Å²) in [5.74, 6) is 1.00. The Morgan fingerprint density at radius 2 is 2.00 bits per heavy atom. The smallest absolute Gasteiger partial charge is 0.308 e. The van der Waals surface area contributed by atoms with Crippen LogP contribution in [0.5, 0.6) is 0 Å². The molecule has 0 amide bonds. The molecule has 2 heterocycles. The van der Waals surface area contributed by atoms with Gasteiger partial charge in [-0.2, -0.15) is 0 Å². The molecular formula is C26H31N3O2. The molecule has 1 saturated carbocycles. The van der Waals surface area contributed by atoms with E-state index in [0.717, 1.165) is 56.3 Å². The van der Waals surface area contributed by atoms with Crippen LogP contribution in [0, 0.1) is 5.92 Å². The van der Waals surface area contributed by atoms with Crippen molar-refractivity contribution in [2.24, 2.45) is 5.92 Å². The molecule has 2 aliphatic rings. The normalized spacial score (nSPS) is 23.2. The molecule has 1 aliphatic heterocycles. The first-order valence-corrected chi connectivity index (χ1v) is 11.5. The third kappa shape index (κ3) is 3.82. The molecule has 5 rings (SSSR count). The fraction of sp³-hybridized carbons (Fsp3) is 0.462. The number of carbonyl (C=O) groups excluding carboxylic acids is 1. The van der Waals surface area contributed by atoms with Crippen LogP contribution >= 0.6 is 0 Å². The number of esters is 1. The van der Waals surface area contributed by atoms with Crippen LogP contribution in [-0.4, -0.2) is 28.7 Å². The summed E-state index contributed by atoms with van der Waals surface area (Å²) in [5.41, 5.74) is 6.15. The zero-order valence-corrected chi connectivity index (χ0v) is 18.4. The number of hydrogen-bond donors (Lipinski definition) is 1. The van der Waals surface area contributed by atoms with Gasteiger partial charge in [0, 0.05) is 29.8 Å². The van der Waals surface area contributed by atoms with Crippen molar-refractivity contribution in [3.8, 4) is 0 Å². The fourth-order valence-corrected chi connectivity index (χ4v) is 5.44. The molecule has 3 atom stereocenters. The lowest BCUT2D eigenvalue weighted by Crippen LogP contribution is -2.26. The molecule has 5 heteroatoms. The van der Waals surface area contributed by atoms with Gasteiger partial charge in [-0.05, 0) is 56.7 Å². The summed E-state index contributed by atoms with van der Waals surface area (Å²) in [6, 6.07) is 15.8. The van der Waals surface area contributed by atoms with E-state index in [4.69, 9.17) is 9.72 Å². The highest BCUT2D eigenvalue weighted by molar-refractivity contribution is 5.86. The Kier molecular flexibility index (Phi) is 5.43. The molecule has 2 aromatic carbocycles. The fourth-order valence-electron chi connectivity index (χ4n) is 5.44. The number of fused-ring (bicyclic) bond motifs is 3. The van der Waals surface area contributed by atoms with Crippen LogP contribution in [0.4, 0.5) is 5.69 Å². The lowest BCUT2D eigenvalue weighted by Gasteiger charge is -2.30. The first-order chi connectivity index (χ1) is 15.1. The Labute approximate surface area is 183 Å². The number of aryl methyl sites for hydroxylation is 1. The molecule has 0 unspecified atom stereocenters. The van der Waals surface area contributed by atoms with Crippen LogP contribution in [0.1, 0.15) is 62.0 Å². The van der Waals surface area contributed by atoms with E-state index >= 15 is 0 Å². The van der Waals surface area contributed by atoms with Crippen molar-refractivity contribution in [3.05, 3.63) is 59.4 Å². The third-order valence-electron chi connectivity index (χ3n) is 7.02. The molecule has 31 heavy (non-hydrogen) atoms. The molecule has 162 valence electrons. The summed E-state index contributed by atoms with van der Waals surface area (Å²) in [4.78, 5) is 17.5. The first-order valence-electron chi connectivity index (χ1n) is 11.5. The SMILES string of the molecule is COC(=O)[C@@H]1CCC[C@@H](n2c(Cc3ccccc3)nc3c4c(ccc32)N[C@@H](C)CC4)C1. The average molecular weight is 418 g/mol. The maximum atomic E-state index is 12.3. The van der Waals surface area contributed by atoms with Crippen LogP contribution < -0.4 is 5.32 Å². The number of benzene rings is 2. The minimum atomic E-state index is -0.0747. The van der Waals surface area contributed by atoms with Crippen LogP contribution in [0.3, 0.4) is 0 Å². The number of nitrogens with zero attached hydrogens (tertiary/aromatic N) is 2. The highest BCUT2D eigenvalue weighted by atomic mass is 16.5. The zero-order chi connectivity index (χ0) is 21.4. The molecule has 0 saturated heterocycles. The van der Waals surface area contributed by atoms with Gasteiger partial charge in [0.1, 0.15) is 5.82 Å². The minimum absolute atomic E-state index is 0.0223. The first kappa shape index (κ1) is 20.1. The molecule has 1 N–H and O–H groups in total. The quantitative estimate of drug-likeness (QED) is 0.587. The summed E-state index contributed by atoms with van der Waals surface area (Å²) in [6.07, 6.45) is 6.84. The topological polar surface area (TPSA) is 56.2 Å². The number of anilines is 1. The molecule has 0 radical (unpaired) electrons. The van der Waals surface area contributed by atoms with Gasteiger partial charge >= 0.3 is 5.97 Å². The van der Waals surface area contributed by atoms with E-state index in [0.29, 0.717) is 6.04 Å². The zero-order valence-electron chi connectivity index (χ0n) is 18.4. The highest BCUT2D eigenvalue weighted by Gasteiger charge is 2.31. The van der Waals surface area contributed by atoms with Crippen LogP contribution in [-0.2, 0) is 22.4 Å². The van der Waals surface area contributed by atoms with Crippen molar-refractivity contribution in [1.29, 1.82) is 0 Å². The van der Waals surface area contributed by atoms with Gasteiger partial charge in [-0.25, -0.2) is 4.98 Å². The van der Waals surface area contributed by atoms with Crippen LogP contribution in [0.15, 0.2) is 42.5 Å². The van der Waals surface area contributed by atoms with Gasteiger partial charge in [0.2, 0.25) is 0 Å². The molecule has 5 nitrogen and oxygen atoms in total. The van der Waals surface area contributed by atoms with Crippen molar-refractivity contribution in [2.75, 3.05) is 12.4 Å². The molecule has 0 spiro atoms. The molecule has 1 aromatic heterocycles. The average Bonchev–Trinajstić information content (AvgIpc) is 3.17. The predicted octanol–water partition coefficient (Wildman–Crippen LogP) is 5.28. The second-order valence-electron chi connectivity index (χ2n) is 9.14. The van der Waals surface area contributed by atoms with Crippen molar-refractivity contribution in [2.45, 2.75) is 64.0 Å². The van der Waals surface area contributed by atoms with Crippen molar-refractivity contribution in [3.63, 3.8) is 0 Å². The van der Waals surface area contributed by atoms with E-state index < -0.39 is 0 Å². The number of hydrogen-bond acceptors (Lipinski definition) is 4. The summed E-state index contributed by atoms with van der Waals surface area (Å²) >= 11 is 0. The summed E-state index contributed by atoms with van der Waals surface area (Å²) in [7, 11) is 1.50. The second-order valence-corrected chi connectivity index (χ2v) is 9.14.